The van der Waals surface area contributed by atoms with Gasteiger partial charge in [-0.25, -0.2) is 4.79 Å². The van der Waals surface area contributed by atoms with Gasteiger partial charge in [0.05, 0.1) is 24.9 Å². The van der Waals surface area contributed by atoms with Gasteiger partial charge in [0.25, 0.3) is 0 Å². The molecule has 3 N–H and O–H groups in total. The summed E-state index contributed by atoms with van der Waals surface area (Å²) in [6, 6.07) is 0. The van der Waals surface area contributed by atoms with E-state index in [2.05, 4.69) is 41.5 Å². The number of aliphatic hydroxyl groups is 3. The summed E-state index contributed by atoms with van der Waals surface area (Å²) in [7, 11) is 1.32. The second-order valence-corrected chi connectivity index (χ2v) is 14.0. The zero-order valence-corrected chi connectivity index (χ0v) is 24.1. The van der Waals surface area contributed by atoms with E-state index in [0.717, 1.165) is 24.0 Å². The minimum atomic E-state index is -1.04. The molecular formula is C31H48O6. The molecule has 6 nitrogen and oxygen atoms in total. The third-order valence-corrected chi connectivity index (χ3v) is 12.1. The highest BCUT2D eigenvalue weighted by atomic mass is 16.5. The van der Waals surface area contributed by atoms with Gasteiger partial charge in [0, 0.05) is 28.4 Å². The Morgan fingerprint density at radius 1 is 1.14 bits per heavy atom. The molecule has 4 aliphatic carbocycles. The highest BCUT2D eigenvalue weighted by Crippen LogP contribution is 2.71. The molecule has 0 heterocycles. The van der Waals surface area contributed by atoms with Crippen molar-refractivity contribution < 1.29 is 29.6 Å². The fourth-order valence-electron chi connectivity index (χ4n) is 9.31. The molecule has 3 fully saturated rings. The SMILES string of the molecule is COC(=O)/C(C)=C/[C@H](O)C[C@@H](C)[C@]1(C)CC(=O)C2=C3CC[C@H]4C(C)(C)[C@H](O)CC[C@]4(C)[C@@]3(O)CC[C@]21C. The van der Waals surface area contributed by atoms with Crippen LogP contribution in [0.3, 0.4) is 0 Å². The highest BCUT2D eigenvalue weighted by molar-refractivity contribution is 6.01. The number of carbonyl (C=O) groups is 2. The van der Waals surface area contributed by atoms with Gasteiger partial charge in [0.2, 0.25) is 0 Å². The molecule has 0 aliphatic heterocycles. The van der Waals surface area contributed by atoms with Crippen LogP contribution in [-0.2, 0) is 14.3 Å². The fraction of sp³-hybridized carbons (Fsp3) is 0.806. The van der Waals surface area contributed by atoms with E-state index in [1.807, 2.05) is 0 Å². The number of methoxy groups -OCH3 is 1. The van der Waals surface area contributed by atoms with Gasteiger partial charge in [-0.15, -0.1) is 0 Å². The Morgan fingerprint density at radius 2 is 1.78 bits per heavy atom. The number of ketones is 1. The molecule has 0 aromatic rings. The molecule has 0 saturated heterocycles. The van der Waals surface area contributed by atoms with E-state index in [1.165, 1.54) is 7.11 Å². The van der Waals surface area contributed by atoms with Gasteiger partial charge in [-0.2, -0.15) is 0 Å². The number of hydrogen-bond donors (Lipinski definition) is 3. The third kappa shape index (κ3) is 3.83. The topological polar surface area (TPSA) is 104 Å². The molecule has 37 heavy (non-hydrogen) atoms. The van der Waals surface area contributed by atoms with Gasteiger partial charge in [-0.05, 0) is 86.2 Å². The summed E-state index contributed by atoms with van der Waals surface area (Å²) in [6.07, 6.45) is 5.51. The van der Waals surface area contributed by atoms with Crippen LogP contribution in [0.25, 0.3) is 0 Å². The molecule has 0 amide bonds. The lowest BCUT2D eigenvalue weighted by atomic mass is 9.41. The molecule has 0 radical (unpaired) electrons. The summed E-state index contributed by atoms with van der Waals surface area (Å²) in [5, 5.41) is 34.1. The zero-order chi connectivity index (χ0) is 27.8. The van der Waals surface area contributed by atoms with E-state index >= 15 is 0 Å². The summed E-state index contributed by atoms with van der Waals surface area (Å²) in [6.45, 7) is 14.6. The first-order chi connectivity index (χ1) is 17.0. The van der Waals surface area contributed by atoms with E-state index in [9.17, 15) is 24.9 Å². The molecular weight excluding hydrogens is 468 g/mol. The molecule has 0 aromatic heterocycles. The van der Waals surface area contributed by atoms with Gasteiger partial charge in [-0.1, -0.05) is 41.5 Å². The van der Waals surface area contributed by atoms with Crippen LogP contribution in [0.15, 0.2) is 22.8 Å². The van der Waals surface area contributed by atoms with Crippen molar-refractivity contribution in [1.29, 1.82) is 0 Å². The average molecular weight is 517 g/mol. The number of rotatable bonds is 5. The van der Waals surface area contributed by atoms with Gasteiger partial charge in [0.1, 0.15) is 0 Å². The largest absolute Gasteiger partial charge is 0.466 e. The lowest BCUT2D eigenvalue weighted by Crippen LogP contribution is -2.64. The molecule has 0 unspecified atom stereocenters. The lowest BCUT2D eigenvalue weighted by molar-refractivity contribution is -0.196. The minimum absolute atomic E-state index is 0.0122. The van der Waals surface area contributed by atoms with Crippen LogP contribution in [0.5, 0.6) is 0 Å². The second kappa shape index (κ2) is 9.02. The van der Waals surface area contributed by atoms with Crippen LogP contribution >= 0.6 is 0 Å². The molecule has 4 rings (SSSR count). The monoisotopic (exact) mass is 516 g/mol. The fourth-order valence-corrected chi connectivity index (χ4v) is 9.31. The number of hydrogen-bond acceptors (Lipinski definition) is 6. The van der Waals surface area contributed by atoms with E-state index in [0.29, 0.717) is 44.1 Å². The number of fused-ring (bicyclic) bond motifs is 4. The number of carbonyl (C=O) groups excluding carboxylic acids is 2. The first-order valence-corrected chi connectivity index (χ1v) is 14.1. The van der Waals surface area contributed by atoms with Crippen molar-refractivity contribution >= 4 is 11.8 Å². The molecule has 0 spiro atoms. The van der Waals surface area contributed by atoms with E-state index < -0.39 is 23.1 Å². The van der Waals surface area contributed by atoms with Crippen molar-refractivity contribution in [2.45, 2.75) is 118 Å². The first kappa shape index (κ1) is 28.5. The van der Waals surface area contributed by atoms with Crippen LogP contribution in [0.1, 0.15) is 99.8 Å². The van der Waals surface area contributed by atoms with Crippen molar-refractivity contribution in [1.82, 2.24) is 0 Å². The normalized spacial score (nSPS) is 43.0. The Balaban J connectivity index is 1.70. The Kier molecular flexibility index (Phi) is 6.95. The van der Waals surface area contributed by atoms with Crippen molar-refractivity contribution in [3.8, 4) is 0 Å². The standard InChI is InChI=1S/C31H48O6/c1-18(26(35)37-8)15-20(32)16-19(2)30(7)17-22(33)25-21-9-10-23-27(3,4)24(34)11-12-28(23,5)31(21,36)14-13-29(25,30)6/h15,19-20,23-24,32,34,36H,9-14,16-17H2,1-8H3/b18-15+/t19-,20+,23+,24-,28+,29-,30+,31-/m1/s1. The first-order valence-electron chi connectivity index (χ1n) is 14.1. The van der Waals surface area contributed by atoms with Crippen LogP contribution in [-0.4, -0.2) is 52.0 Å². The molecule has 0 aromatic carbocycles. The zero-order valence-electron chi connectivity index (χ0n) is 24.1. The van der Waals surface area contributed by atoms with Crippen molar-refractivity contribution in [2.75, 3.05) is 7.11 Å². The maximum absolute atomic E-state index is 13.8. The predicted molar refractivity (Wildman–Crippen MR) is 142 cm³/mol. The summed E-state index contributed by atoms with van der Waals surface area (Å²) in [5.74, 6) is -0.123. The van der Waals surface area contributed by atoms with Gasteiger partial charge in [0.15, 0.2) is 5.78 Å². The number of allylic oxidation sites excluding steroid dienone is 1. The maximum Gasteiger partial charge on any atom is 0.333 e. The van der Waals surface area contributed by atoms with Gasteiger partial charge < -0.3 is 20.1 Å². The minimum Gasteiger partial charge on any atom is -0.466 e. The molecule has 3 saturated carbocycles. The van der Waals surface area contributed by atoms with E-state index in [1.54, 1.807) is 13.0 Å². The Labute approximate surface area is 222 Å². The Bertz CT molecular complexity index is 1040. The van der Waals surface area contributed by atoms with E-state index in [4.69, 9.17) is 4.74 Å². The van der Waals surface area contributed by atoms with Crippen LogP contribution in [0, 0.1) is 33.5 Å². The van der Waals surface area contributed by atoms with Crippen LogP contribution in [0.2, 0.25) is 0 Å². The summed E-state index contributed by atoms with van der Waals surface area (Å²) >= 11 is 0. The molecule has 0 bridgehead atoms. The molecule has 8 atom stereocenters. The van der Waals surface area contributed by atoms with Crippen molar-refractivity contribution in [3.63, 3.8) is 0 Å². The van der Waals surface area contributed by atoms with Gasteiger partial charge >= 0.3 is 5.97 Å². The molecule has 4 aliphatic rings. The quantitative estimate of drug-likeness (QED) is 0.355. The smallest absolute Gasteiger partial charge is 0.333 e. The maximum atomic E-state index is 13.8. The number of Topliss-reactive ketones (excluding diaryl/α,β-unsaturated/α-hetero) is 1. The van der Waals surface area contributed by atoms with Crippen molar-refractivity contribution in [2.24, 2.45) is 33.5 Å². The van der Waals surface area contributed by atoms with Crippen molar-refractivity contribution in [3.05, 3.63) is 22.8 Å². The average Bonchev–Trinajstić information content (AvgIpc) is 3.02. The van der Waals surface area contributed by atoms with E-state index in [-0.39, 0.29) is 40.0 Å². The second-order valence-electron chi connectivity index (χ2n) is 14.0. The molecule has 6 heteroatoms. The highest BCUT2D eigenvalue weighted by Gasteiger charge is 2.69. The van der Waals surface area contributed by atoms with Crippen LogP contribution < -0.4 is 0 Å². The third-order valence-electron chi connectivity index (χ3n) is 12.1. The number of aliphatic hydroxyl groups excluding tert-OH is 2. The summed E-state index contributed by atoms with van der Waals surface area (Å²) in [4.78, 5) is 25.6. The summed E-state index contributed by atoms with van der Waals surface area (Å²) in [5.41, 5.74) is -0.294. The Morgan fingerprint density at radius 3 is 2.41 bits per heavy atom. The number of ether oxygens (including phenoxy) is 1. The number of esters is 1. The Hall–Kier alpha value is -1.50. The van der Waals surface area contributed by atoms with Crippen LogP contribution in [0.4, 0.5) is 0 Å². The van der Waals surface area contributed by atoms with Gasteiger partial charge in [-0.3, -0.25) is 4.79 Å². The predicted octanol–water partition coefficient (Wildman–Crippen LogP) is 4.90. The lowest BCUT2D eigenvalue weighted by Gasteiger charge is -2.65. The summed E-state index contributed by atoms with van der Waals surface area (Å²) < 4.78 is 4.76. The molecule has 208 valence electrons.